The number of nitrogens with one attached hydrogen (secondary N) is 1. The Kier molecular flexibility index (Phi) is 6.76. The van der Waals surface area contributed by atoms with Gasteiger partial charge < -0.3 is 29.4 Å². The fourth-order valence-corrected chi connectivity index (χ4v) is 2.84. The van der Waals surface area contributed by atoms with Crippen molar-refractivity contribution in [3.8, 4) is 23.0 Å². The molecule has 31 heavy (non-hydrogen) atoms. The van der Waals surface area contributed by atoms with E-state index in [0.717, 1.165) is 0 Å². The number of aliphatic carboxylic acids is 1. The first-order valence-corrected chi connectivity index (χ1v) is 9.33. The van der Waals surface area contributed by atoms with E-state index >= 15 is 0 Å². The zero-order chi connectivity index (χ0) is 22.4. The zero-order valence-electron chi connectivity index (χ0n) is 17.0. The number of carboxylic acid groups (broad SMARTS) is 1. The number of hydrogen-bond acceptors (Lipinski definition) is 7. The van der Waals surface area contributed by atoms with Crippen LogP contribution < -0.4 is 24.3 Å². The van der Waals surface area contributed by atoms with Crippen LogP contribution in [0, 0.1) is 0 Å². The second kappa shape index (κ2) is 9.66. The van der Waals surface area contributed by atoms with Crippen molar-refractivity contribution in [3.63, 3.8) is 0 Å². The average molecular weight is 427 g/mol. The number of benzene rings is 2. The van der Waals surface area contributed by atoms with Gasteiger partial charge in [0.05, 0.1) is 26.2 Å². The Morgan fingerprint density at radius 3 is 2.58 bits per heavy atom. The van der Waals surface area contributed by atoms with Crippen LogP contribution in [0.15, 0.2) is 42.2 Å². The summed E-state index contributed by atoms with van der Waals surface area (Å²) in [7, 11) is 3.07. The van der Waals surface area contributed by atoms with Gasteiger partial charge in [0.1, 0.15) is 23.0 Å². The highest BCUT2D eigenvalue weighted by Crippen LogP contribution is 2.36. The van der Waals surface area contributed by atoms with E-state index in [4.69, 9.17) is 24.1 Å². The van der Waals surface area contributed by atoms with Gasteiger partial charge in [0.15, 0.2) is 12.4 Å². The highest BCUT2D eigenvalue weighted by atomic mass is 16.5. The normalized spacial score (nSPS) is 13.4. The minimum atomic E-state index is -1.00. The maximum absolute atomic E-state index is 12.7. The number of ether oxygens (including phenoxy) is 4. The lowest BCUT2D eigenvalue weighted by Crippen LogP contribution is -2.30. The van der Waals surface area contributed by atoms with Crippen molar-refractivity contribution in [1.29, 1.82) is 0 Å². The van der Waals surface area contributed by atoms with Gasteiger partial charge in [-0.3, -0.25) is 14.4 Å². The van der Waals surface area contributed by atoms with E-state index in [0.29, 0.717) is 34.1 Å². The highest BCUT2D eigenvalue weighted by molar-refractivity contribution is 6.14. The third kappa shape index (κ3) is 5.33. The number of carbonyl (C=O) groups is 3. The topological polar surface area (TPSA) is 120 Å². The van der Waals surface area contributed by atoms with Gasteiger partial charge in [0.2, 0.25) is 5.78 Å². The number of Topliss-reactive ketones (excluding diaryl/α,β-unsaturated/α-hetero) is 1. The molecule has 0 bridgehead atoms. The predicted molar refractivity (Wildman–Crippen MR) is 110 cm³/mol. The Labute approximate surface area is 178 Å². The van der Waals surface area contributed by atoms with Gasteiger partial charge in [-0.25, -0.2) is 0 Å². The molecule has 3 rings (SSSR count). The van der Waals surface area contributed by atoms with Crippen molar-refractivity contribution < 1.29 is 38.4 Å². The molecular formula is C22H21NO8. The third-order valence-corrected chi connectivity index (χ3v) is 4.40. The molecule has 2 aromatic carbocycles. The molecule has 1 heterocycles. The summed E-state index contributed by atoms with van der Waals surface area (Å²) in [6, 6.07) is 9.83. The molecule has 2 aromatic rings. The summed E-state index contributed by atoms with van der Waals surface area (Å²) in [6.07, 6.45) is 1.41. The minimum Gasteiger partial charge on any atom is -0.497 e. The molecule has 1 aliphatic heterocycles. The number of allylic oxidation sites excluding steroid dienone is 1. The van der Waals surface area contributed by atoms with Crippen molar-refractivity contribution in [2.45, 2.75) is 6.42 Å². The molecule has 0 radical (unpaired) electrons. The molecule has 0 aromatic heterocycles. The van der Waals surface area contributed by atoms with Gasteiger partial charge in [0.25, 0.3) is 5.91 Å². The lowest BCUT2D eigenvalue weighted by Gasteiger charge is -2.08. The molecule has 2 N–H and O–H groups in total. The number of hydrogen-bond donors (Lipinski definition) is 2. The first-order chi connectivity index (χ1) is 14.9. The maximum atomic E-state index is 12.7. The summed E-state index contributed by atoms with van der Waals surface area (Å²) in [5, 5.41) is 11.0. The predicted octanol–water partition coefficient (Wildman–Crippen LogP) is 2.29. The number of carbonyl (C=O) groups excluding carboxylic acids is 2. The zero-order valence-corrected chi connectivity index (χ0v) is 17.0. The Morgan fingerprint density at radius 1 is 1.10 bits per heavy atom. The molecule has 0 atom stereocenters. The summed E-state index contributed by atoms with van der Waals surface area (Å²) in [5.41, 5.74) is 1.02. The van der Waals surface area contributed by atoms with Crippen molar-refractivity contribution in [2.24, 2.45) is 0 Å². The van der Waals surface area contributed by atoms with Gasteiger partial charge in [0, 0.05) is 24.2 Å². The quantitative estimate of drug-likeness (QED) is 0.585. The van der Waals surface area contributed by atoms with E-state index in [-0.39, 0.29) is 31.1 Å². The minimum absolute atomic E-state index is 0.0162. The number of amides is 1. The van der Waals surface area contributed by atoms with Crippen molar-refractivity contribution in [1.82, 2.24) is 5.32 Å². The summed E-state index contributed by atoms with van der Waals surface area (Å²) in [5.74, 6) is 0.180. The Bertz CT molecular complexity index is 1040. The lowest BCUT2D eigenvalue weighted by molar-refractivity contribution is -0.137. The molecule has 1 amide bonds. The van der Waals surface area contributed by atoms with Crippen LogP contribution in [-0.4, -0.2) is 50.1 Å². The van der Waals surface area contributed by atoms with E-state index < -0.39 is 11.9 Å². The Hall–Kier alpha value is -4.01. The highest BCUT2D eigenvalue weighted by Gasteiger charge is 2.28. The van der Waals surface area contributed by atoms with Crippen molar-refractivity contribution >= 4 is 23.7 Å². The number of carboxylic acids is 1. The molecule has 162 valence electrons. The molecule has 0 spiro atoms. The van der Waals surface area contributed by atoms with Crippen LogP contribution in [0.5, 0.6) is 23.0 Å². The van der Waals surface area contributed by atoms with Gasteiger partial charge >= 0.3 is 5.97 Å². The molecule has 0 fully saturated rings. The van der Waals surface area contributed by atoms with Crippen LogP contribution in [0.3, 0.4) is 0 Å². The van der Waals surface area contributed by atoms with Crippen LogP contribution in [0.4, 0.5) is 0 Å². The van der Waals surface area contributed by atoms with Gasteiger partial charge in [-0.15, -0.1) is 0 Å². The smallest absolute Gasteiger partial charge is 0.305 e. The monoisotopic (exact) mass is 427 g/mol. The number of fused-ring (bicyclic) bond motifs is 1. The van der Waals surface area contributed by atoms with Crippen LogP contribution in [-0.2, 0) is 9.59 Å². The lowest BCUT2D eigenvalue weighted by atomic mass is 10.1. The van der Waals surface area contributed by atoms with E-state index in [9.17, 15) is 14.4 Å². The summed E-state index contributed by atoms with van der Waals surface area (Å²) >= 11 is 0. The first kappa shape index (κ1) is 21.7. The van der Waals surface area contributed by atoms with E-state index in [1.165, 1.54) is 13.2 Å². The van der Waals surface area contributed by atoms with Crippen LogP contribution >= 0.6 is 0 Å². The third-order valence-electron chi connectivity index (χ3n) is 4.40. The molecule has 0 aliphatic carbocycles. The fraction of sp³-hybridized carbons (Fsp3) is 0.227. The van der Waals surface area contributed by atoms with Crippen LogP contribution in [0.1, 0.15) is 22.3 Å². The van der Waals surface area contributed by atoms with Crippen molar-refractivity contribution in [3.05, 3.63) is 53.3 Å². The SMILES string of the molecule is COc1ccc(C=C2Oc3cc(OCC(=O)NCCC(=O)O)ccc3C2=O)c(OC)c1. The number of ketones is 1. The standard InChI is InChI=1S/C22H21NO8/c1-28-14-4-3-13(17(10-14)29-2)9-19-22(27)16-6-5-15(11-18(16)31-19)30-12-20(24)23-8-7-21(25)26/h3-6,9-11H,7-8,12H2,1-2H3,(H,23,24)(H,25,26). The van der Waals surface area contributed by atoms with E-state index in [1.54, 1.807) is 43.5 Å². The largest absolute Gasteiger partial charge is 0.497 e. The van der Waals surface area contributed by atoms with Gasteiger partial charge in [-0.05, 0) is 30.3 Å². The second-order valence-electron chi connectivity index (χ2n) is 6.49. The second-order valence-corrected chi connectivity index (χ2v) is 6.49. The number of methoxy groups -OCH3 is 2. The van der Waals surface area contributed by atoms with Crippen LogP contribution in [0.25, 0.3) is 6.08 Å². The molecule has 9 heteroatoms. The van der Waals surface area contributed by atoms with E-state index in [1.807, 2.05) is 0 Å². The molecule has 0 saturated heterocycles. The average Bonchev–Trinajstić information content (AvgIpc) is 3.07. The summed E-state index contributed by atoms with van der Waals surface area (Å²) in [4.78, 5) is 34.8. The Morgan fingerprint density at radius 2 is 1.87 bits per heavy atom. The molecule has 0 saturated carbocycles. The van der Waals surface area contributed by atoms with Crippen LogP contribution in [0.2, 0.25) is 0 Å². The van der Waals surface area contributed by atoms with E-state index in [2.05, 4.69) is 5.32 Å². The summed E-state index contributed by atoms with van der Waals surface area (Å²) < 4.78 is 21.6. The summed E-state index contributed by atoms with van der Waals surface area (Å²) in [6.45, 7) is -0.277. The maximum Gasteiger partial charge on any atom is 0.305 e. The number of rotatable bonds is 9. The molecular weight excluding hydrogens is 406 g/mol. The fourth-order valence-electron chi connectivity index (χ4n) is 2.84. The first-order valence-electron chi connectivity index (χ1n) is 9.33. The molecule has 9 nitrogen and oxygen atoms in total. The molecule has 0 unspecified atom stereocenters. The van der Waals surface area contributed by atoms with Crippen molar-refractivity contribution in [2.75, 3.05) is 27.4 Å². The van der Waals surface area contributed by atoms with Gasteiger partial charge in [-0.2, -0.15) is 0 Å². The Balaban J connectivity index is 1.68. The van der Waals surface area contributed by atoms with Gasteiger partial charge in [-0.1, -0.05) is 0 Å². The molecule has 1 aliphatic rings.